The minimum atomic E-state index is -1.20. The first-order valence-corrected chi connectivity index (χ1v) is 9.92. The fraction of sp³-hybridized carbons (Fsp3) is 0.318. The lowest BCUT2D eigenvalue weighted by atomic mass is 9.91. The van der Waals surface area contributed by atoms with Crippen molar-refractivity contribution in [3.8, 4) is 0 Å². The van der Waals surface area contributed by atoms with Crippen molar-refractivity contribution in [2.24, 2.45) is 0 Å². The van der Waals surface area contributed by atoms with Crippen LogP contribution < -0.4 is 10.6 Å². The molecule has 1 atom stereocenters. The lowest BCUT2D eigenvalue weighted by Crippen LogP contribution is -2.42. The number of benzene rings is 2. The topological polar surface area (TPSA) is 78.5 Å². The summed E-state index contributed by atoms with van der Waals surface area (Å²) in [6, 6.07) is 12.1. The first kappa shape index (κ1) is 20.9. The Balaban J connectivity index is 1.72. The number of hydrogen-bond donors (Lipinski definition) is 2. The number of carbonyl (C=O) groups is 3. The second-order valence-electron chi connectivity index (χ2n) is 7.41. The van der Waals surface area contributed by atoms with Crippen LogP contribution in [0, 0.1) is 6.92 Å². The summed E-state index contributed by atoms with van der Waals surface area (Å²) in [7, 11) is 0. The molecule has 152 valence electrons. The van der Waals surface area contributed by atoms with Gasteiger partial charge in [0.2, 0.25) is 5.91 Å². The van der Waals surface area contributed by atoms with Crippen LogP contribution in [-0.4, -0.2) is 29.3 Å². The molecule has 7 heteroatoms. The van der Waals surface area contributed by atoms with E-state index >= 15 is 0 Å². The molecule has 0 bridgehead atoms. The van der Waals surface area contributed by atoms with Gasteiger partial charge >= 0.3 is 6.03 Å². The Morgan fingerprint density at radius 1 is 1.17 bits per heavy atom. The molecule has 2 N–H and O–H groups in total. The van der Waals surface area contributed by atoms with Gasteiger partial charge in [0.15, 0.2) is 0 Å². The van der Waals surface area contributed by atoms with Gasteiger partial charge in [0.05, 0.1) is 0 Å². The fourth-order valence-electron chi connectivity index (χ4n) is 3.34. The van der Waals surface area contributed by atoms with E-state index in [1.54, 1.807) is 25.1 Å². The highest BCUT2D eigenvalue weighted by Gasteiger charge is 2.49. The molecule has 4 amide bonds. The van der Waals surface area contributed by atoms with Crippen molar-refractivity contribution in [3.05, 3.63) is 64.2 Å². The number of anilines is 1. The molecule has 6 nitrogen and oxygen atoms in total. The van der Waals surface area contributed by atoms with E-state index in [9.17, 15) is 14.4 Å². The molecule has 29 heavy (non-hydrogen) atoms. The zero-order valence-corrected chi connectivity index (χ0v) is 17.5. The fourth-order valence-corrected chi connectivity index (χ4v) is 3.52. The second kappa shape index (κ2) is 8.25. The van der Waals surface area contributed by atoms with Gasteiger partial charge in [-0.25, -0.2) is 4.79 Å². The maximum Gasteiger partial charge on any atom is 0.325 e. The van der Waals surface area contributed by atoms with Crippen molar-refractivity contribution in [2.45, 2.75) is 39.2 Å². The van der Waals surface area contributed by atoms with Gasteiger partial charge in [0, 0.05) is 10.7 Å². The van der Waals surface area contributed by atoms with E-state index in [1.807, 2.05) is 31.2 Å². The molecule has 0 unspecified atom stereocenters. The molecule has 0 aromatic heterocycles. The SMILES string of the molecule is CCCc1ccc([C@]2(C)NC(=O)N(CC(=O)Nc3ccc(C)c(Cl)c3)C2=O)cc1. The first-order valence-electron chi connectivity index (χ1n) is 9.54. The molecule has 2 aromatic rings. The molecule has 1 aliphatic heterocycles. The Morgan fingerprint density at radius 3 is 2.48 bits per heavy atom. The third-order valence-corrected chi connectivity index (χ3v) is 5.51. The highest BCUT2D eigenvalue weighted by Crippen LogP contribution is 2.29. The second-order valence-corrected chi connectivity index (χ2v) is 7.81. The number of imide groups is 1. The van der Waals surface area contributed by atoms with Crippen molar-refractivity contribution in [1.82, 2.24) is 10.2 Å². The average Bonchev–Trinajstić information content (AvgIpc) is 2.89. The summed E-state index contributed by atoms with van der Waals surface area (Å²) in [5.74, 6) is -0.932. The monoisotopic (exact) mass is 413 g/mol. The highest BCUT2D eigenvalue weighted by atomic mass is 35.5. The third kappa shape index (κ3) is 4.27. The van der Waals surface area contributed by atoms with Gasteiger partial charge in [-0.1, -0.05) is 55.3 Å². The molecule has 0 saturated carbocycles. The molecular formula is C22H24ClN3O3. The zero-order valence-electron chi connectivity index (χ0n) is 16.7. The van der Waals surface area contributed by atoms with Crippen molar-refractivity contribution in [1.29, 1.82) is 0 Å². The maximum atomic E-state index is 13.0. The van der Waals surface area contributed by atoms with E-state index in [4.69, 9.17) is 11.6 Å². The number of halogens is 1. The minimum Gasteiger partial charge on any atom is -0.324 e. The molecule has 1 heterocycles. The highest BCUT2D eigenvalue weighted by molar-refractivity contribution is 6.31. The van der Waals surface area contributed by atoms with E-state index in [2.05, 4.69) is 17.6 Å². The summed E-state index contributed by atoms with van der Waals surface area (Å²) >= 11 is 6.07. The van der Waals surface area contributed by atoms with Gasteiger partial charge in [0.25, 0.3) is 5.91 Å². The van der Waals surface area contributed by atoms with Crippen LogP contribution in [0.4, 0.5) is 10.5 Å². The predicted molar refractivity (Wildman–Crippen MR) is 113 cm³/mol. The van der Waals surface area contributed by atoms with Gasteiger partial charge < -0.3 is 10.6 Å². The Bertz CT molecular complexity index is 958. The van der Waals surface area contributed by atoms with Crippen LogP contribution in [0.3, 0.4) is 0 Å². The Morgan fingerprint density at radius 2 is 1.86 bits per heavy atom. The van der Waals surface area contributed by atoms with Crippen molar-refractivity contribution in [2.75, 3.05) is 11.9 Å². The maximum absolute atomic E-state index is 13.0. The number of hydrogen-bond acceptors (Lipinski definition) is 3. The number of urea groups is 1. The molecular weight excluding hydrogens is 390 g/mol. The Hall–Kier alpha value is -2.86. The smallest absolute Gasteiger partial charge is 0.324 e. The van der Waals surface area contributed by atoms with Crippen LogP contribution in [0.2, 0.25) is 5.02 Å². The van der Waals surface area contributed by atoms with E-state index < -0.39 is 23.4 Å². The van der Waals surface area contributed by atoms with Gasteiger partial charge in [-0.05, 0) is 49.1 Å². The lowest BCUT2D eigenvalue weighted by molar-refractivity contribution is -0.133. The summed E-state index contributed by atoms with van der Waals surface area (Å²) < 4.78 is 0. The zero-order chi connectivity index (χ0) is 21.2. The molecule has 1 fully saturated rings. The summed E-state index contributed by atoms with van der Waals surface area (Å²) in [6.07, 6.45) is 1.98. The molecule has 2 aromatic carbocycles. The predicted octanol–water partition coefficient (Wildman–Crippen LogP) is 4.01. The van der Waals surface area contributed by atoms with Gasteiger partial charge in [-0.2, -0.15) is 0 Å². The number of nitrogens with zero attached hydrogens (tertiary/aromatic N) is 1. The molecule has 0 radical (unpaired) electrons. The summed E-state index contributed by atoms with van der Waals surface area (Å²) in [4.78, 5) is 38.7. The van der Waals surface area contributed by atoms with E-state index in [-0.39, 0.29) is 6.54 Å². The summed E-state index contributed by atoms with van der Waals surface area (Å²) in [5.41, 5.74) is 2.05. The quantitative estimate of drug-likeness (QED) is 0.702. The van der Waals surface area contributed by atoms with E-state index in [0.717, 1.165) is 23.3 Å². The summed E-state index contributed by atoms with van der Waals surface area (Å²) in [5, 5.41) is 5.91. The van der Waals surface area contributed by atoms with Crippen LogP contribution >= 0.6 is 11.6 Å². The molecule has 3 rings (SSSR count). The molecule has 1 saturated heterocycles. The molecule has 0 spiro atoms. The van der Waals surface area contributed by atoms with Gasteiger partial charge in [-0.3, -0.25) is 14.5 Å². The summed E-state index contributed by atoms with van der Waals surface area (Å²) in [6.45, 7) is 5.24. The first-order chi connectivity index (χ1) is 13.7. The molecule has 1 aliphatic rings. The number of amides is 4. The largest absolute Gasteiger partial charge is 0.325 e. The van der Waals surface area contributed by atoms with Gasteiger partial charge in [0.1, 0.15) is 12.1 Å². The van der Waals surface area contributed by atoms with E-state index in [0.29, 0.717) is 16.3 Å². The number of carbonyl (C=O) groups excluding carboxylic acids is 3. The van der Waals surface area contributed by atoms with Crippen LogP contribution in [0.15, 0.2) is 42.5 Å². The van der Waals surface area contributed by atoms with Crippen LogP contribution in [0.1, 0.15) is 37.0 Å². The average molecular weight is 414 g/mol. The third-order valence-electron chi connectivity index (χ3n) is 5.10. The normalized spacial score (nSPS) is 18.7. The van der Waals surface area contributed by atoms with Crippen LogP contribution in [-0.2, 0) is 21.5 Å². The van der Waals surface area contributed by atoms with Crippen LogP contribution in [0.25, 0.3) is 0 Å². The van der Waals surface area contributed by atoms with E-state index in [1.165, 1.54) is 5.56 Å². The van der Waals surface area contributed by atoms with Crippen molar-refractivity contribution in [3.63, 3.8) is 0 Å². The minimum absolute atomic E-state index is 0.375. The van der Waals surface area contributed by atoms with Crippen LogP contribution in [0.5, 0.6) is 0 Å². The number of nitrogens with one attached hydrogen (secondary N) is 2. The molecule has 0 aliphatic carbocycles. The standard InChI is InChI=1S/C22H24ClN3O3/c1-4-5-15-7-9-16(10-8-15)22(3)20(28)26(21(29)25-22)13-19(27)24-17-11-6-14(2)18(23)12-17/h6-12H,4-5,13H2,1-3H3,(H,24,27)(H,25,29)/t22-/m0/s1. The Labute approximate surface area is 175 Å². The number of aryl methyl sites for hydroxylation is 2. The van der Waals surface area contributed by atoms with Crippen molar-refractivity contribution >= 4 is 35.1 Å². The van der Waals surface area contributed by atoms with Crippen molar-refractivity contribution < 1.29 is 14.4 Å². The van der Waals surface area contributed by atoms with Gasteiger partial charge in [-0.15, -0.1) is 0 Å². The number of rotatable bonds is 6. The Kier molecular flexibility index (Phi) is 5.94. The lowest BCUT2D eigenvalue weighted by Gasteiger charge is -2.22.